The molecule has 0 aliphatic rings. The normalized spacial score (nSPS) is 11.4. The van der Waals surface area contributed by atoms with Crippen molar-refractivity contribution in [1.29, 1.82) is 0 Å². The van der Waals surface area contributed by atoms with Crippen LogP contribution in [0.5, 0.6) is 11.5 Å². The van der Waals surface area contributed by atoms with E-state index in [1.54, 1.807) is 24.3 Å². The summed E-state index contributed by atoms with van der Waals surface area (Å²) in [5, 5.41) is 20.2. The van der Waals surface area contributed by atoms with Crippen molar-refractivity contribution in [3.8, 4) is 33.8 Å². The molecule has 0 aliphatic carbocycles. The van der Waals surface area contributed by atoms with E-state index in [0.717, 1.165) is 0 Å². The topological polar surface area (TPSA) is 74.6 Å². The highest BCUT2D eigenvalue weighted by molar-refractivity contribution is 9.11. The summed E-state index contributed by atoms with van der Waals surface area (Å²) in [6.45, 7) is 0. The lowest BCUT2D eigenvalue weighted by Crippen LogP contribution is -2.06. The number of sulfone groups is 1. The van der Waals surface area contributed by atoms with Crippen molar-refractivity contribution in [2.75, 3.05) is 0 Å². The van der Waals surface area contributed by atoms with Crippen LogP contribution in [-0.2, 0) is 9.84 Å². The first-order valence-electron chi connectivity index (χ1n) is 9.20. The lowest BCUT2D eigenvalue weighted by molar-refractivity contribution is 0.474. The third kappa shape index (κ3) is 4.13. The van der Waals surface area contributed by atoms with Gasteiger partial charge in [-0.3, -0.25) is 0 Å². The number of phenolic OH excluding ortho intramolecular Hbond substituents is 2. The summed E-state index contributed by atoms with van der Waals surface area (Å²) in [6, 6.07) is 22.8. The first kappa shape index (κ1) is 21.6. The van der Waals surface area contributed by atoms with E-state index in [1.165, 1.54) is 36.4 Å². The number of rotatable bonds is 4. The van der Waals surface area contributed by atoms with Crippen molar-refractivity contribution in [2.45, 2.75) is 9.79 Å². The Morgan fingerprint density at radius 2 is 0.935 bits per heavy atom. The zero-order valence-corrected chi connectivity index (χ0v) is 19.9. The smallest absolute Gasteiger partial charge is 0.207 e. The fourth-order valence-electron chi connectivity index (χ4n) is 3.40. The van der Waals surface area contributed by atoms with Crippen LogP contribution in [0, 0.1) is 0 Å². The molecule has 4 aromatic rings. The maximum Gasteiger partial charge on any atom is 0.207 e. The number of hydrogen-bond acceptors (Lipinski definition) is 4. The summed E-state index contributed by atoms with van der Waals surface area (Å²) >= 11 is 6.94. The van der Waals surface area contributed by atoms with E-state index in [9.17, 15) is 18.6 Å². The van der Waals surface area contributed by atoms with Crippen molar-refractivity contribution in [3.05, 3.63) is 93.9 Å². The van der Waals surface area contributed by atoms with Crippen molar-refractivity contribution in [3.63, 3.8) is 0 Å². The largest absolute Gasteiger partial charge is 0.508 e. The highest BCUT2D eigenvalue weighted by Gasteiger charge is 2.27. The number of hydrogen-bond donors (Lipinski definition) is 2. The number of phenols is 2. The van der Waals surface area contributed by atoms with Crippen LogP contribution in [0.4, 0.5) is 0 Å². The fourth-order valence-corrected chi connectivity index (χ4v) is 6.05. The van der Waals surface area contributed by atoms with Crippen molar-refractivity contribution < 1.29 is 18.6 Å². The number of aromatic hydroxyl groups is 2. The van der Waals surface area contributed by atoms with Crippen LogP contribution in [0.3, 0.4) is 0 Å². The van der Waals surface area contributed by atoms with Gasteiger partial charge in [-0.25, -0.2) is 8.42 Å². The van der Waals surface area contributed by atoms with E-state index in [2.05, 4.69) is 31.9 Å². The standard InChI is InChI=1S/C24H16Br2O4S/c25-21-7-3-1-5-17(21)19-13-15(27)9-11-23(19)31(29,30)24-12-10-16(28)14-20(24)18-6-2-4-8-22(18)26/h1-14,27-28H. The predicted molar refractivity (Wildman–Crippen MR) is 128 cm³/mol. The average Bonchev–Trinajstić information content (AvgIpc) is 2.74. The van der Waals surface area contributed by atoms with Crippen molar-refractivity contribution in [2.24, 2.45) is 0 Å². The molecule has 0 aromatic heterocycles. The molecular weight excluding hydrogens is 544 g/mol. The van der Waals surface area contributed by atoms with Crippen molar-refractivity contribution in [1.82, 2.24) is 0 Å². The quantitative estimate of drug-likeness (QED) is 0.289. The Morgan fingerprint density at radius 1 is 0.548 bits per heavy atom. The van der Waals surface area contributed by atoms with Gasteiger partial charge in [0.2, 0.25) is 9.84 Å². The fraction of sp³-hybridized carbons (Fsp3) is 0. The molecule has 156 valence electrons. The van der Waals surface area contributed by atoms with Crippen LogP contribution in [0.2, 0.25) is 0 Å². The van der Waals surface area contributed by atoms with Gasteiger partial charge in [-0.05, 0) is 59.7 Å². The molecule has 0 saturated carbocycles. The number of halogens is 2. The van der Waals surface area contributed by atoms with E-state index < -0.39 is 9.84 Å². The Hall–Kier alpha value is -2.61. The van der Waals surface area contributed by atoms with E-state index in [4.69, 9.17) is 0 Å². The van der Waals surface area contributed by atoms with Crippen molar-refractivity contribution >= 4 is 41.7 Å². The minimum absolute atomic E-state index is 0.0403. The summed E-state index contributed by atoms with van der Waals surface area (Å²) in [7, 11) is -4.03. The summed E-state index contributed by atoms with van der Waals surface area (Å²) < 4.78 is 29.2. The summed E-state index contributed by atoms with van der Waals surface area (Å²) in [5.74, 6) is -0.0807. The van der Waals surface area contributed by atoms with Crippen LogP contribution in [0.25, 0.3) is 22.3 Å². The number of benzene rings is 4. The molecule has 0 heterocycles. The van der Waals surface area contributed by atoms with E-state index in [0.29, 0.717) is 31.2 Å². The molecule has 7 heteroatoms. The van der Waals surface area contributed by atoms with E-state index in [1.807, 2.05) is 24.3 Å². The maximum absolute atomic E-state index is 13.9. The monoisotopic (exact) mass is 558 g/mol. The van der Waals surface area contributed by atoms with Gasteiger partial charge in [0.05, 0.1) is 9.79 Å². The van der Waals surface area contributed by atoms with Gasteiger partial charge < -0.3 is 10.2 Å². The third-order valence-electron chi connectivity index (χ3n) is 4.83. The molecule has 31 heavy (non-hydrogen) atoms. The maximum atomic E-state index is 13.9. The molecule has 0 amide bonds. The predicted octanol–water partition coefficient (Wildman–Crippen LogP) is 6.79. The molecule has 4 rings (SSSR count). The molecule has 2 N–H and O–H groups in total. The van der Waals surface area contributed by atoms with Gasteiger partial charge >= 0.3 is 0 Å². The summed E-state index contributed by atoms with van der Waals surface area (Å²) in [5.41, 5.74) is 2.02. The third-order valence-corrected chi connectivity index (χ3v) is 8.09. The van der Waals surface area contributed by atoms with E-state index >= 15 is 0 Å². The zero-order chi connectivity index (χ0) is 22.2. The molecule has 0 aliphatic heterocycles. The second kappa shape index (κ2) is 8.49. The Bertz CT molecular complexity index is 1300. The second-order valence-corrected chi connectivity index (χ2v) is 10.4. The lowest BCUT2D eigenvalue weighted by Gasteiger charge is -2.16. The Balaban J connectivity index is 2.01. The molecule has 4 nitrogen and oxygen atoms in total. The van der Waals surface area contributed by atoms with Crippen LogP contribution in [0.1, 0.15) is 0 Å². The SMILES string of the molecule is O=S(=O)(c1ccc(O)cc1-c1ccccc1Br)c1ccc(O)cc1-c1ccccc1Br. The van der Waals surface area contributed by atoms with Gasteiger partial charge in [-0.1, -0.05) is 68.3 Å². The first-order valence-corrected chi connectivity index (χ1v) is 12.3. The van der Waals surface area contributed by atoms with Gasteiger partial charge in [-0.15, -0.1) is 0 Å². The Kier molecular flexibility index (Phi) is 5.92. The molecule has 0 saturated heterocycles. The van der Waals surface area contributed by atoms with Gasteiger partial charge in [0, 0.05) is 20.1 Å². The van der Waals surface area contributed by atoms with Crippen LogP contribution in [-0.4, -0.2) is 18.6 Å². The zero-order valence-electron chi connectivity index (χ0n) is 16.0. The summed E-state index contributed by atoms with van der Waals surface area (Å²) in [6.07, 6.45) is 0. The average molecular weight is 560 g/mol. The highest BCUT2D eigenvalue weighted by Crippen LogP contribution is 2.41. The Morgan fingerprint density at radius 3 is 1.32 bits per heavy atom. The minimum Gasteiger partial charge on any atom is -0.508 e. The van der Waals surface area contributed by atoms with E-state index in [-0.39, 0.29) is 21.3 Å². The molecule has 0 bridgehead atoms. The molecule has 0 atom stereocenters. The van der Waals surface area contributed by atoms with Gasteiger partial charge in [0.1, 0.15) is 11.5 Å². The van der Waals surface area contributed by atoms with Gasteiger partial charge in [0.25, 0.3) is 0 Å². The molecule has 4 aromatic carbocycles. The molecule has 0 unspecified atom stereocenters. The second-order valence-electron chi connectivity index (χ2n) is 6.82. The highest BCUT2D eigenvalue weighted by atomic mass is 79.9. The Labute approximate surface area is 197 Å². The van der Waals surface area contributed by atoms with Gasteiger partial charge in [-0.2, -0.15) is 0 Å². The molecule has 0 radical (unpaired) electrons. The van der Waals surface area contributed by atoms with Crippen LogP contribution >= 0.6 is 31.9 Å². The first-order chi connectivity index (χ1) is 14.8. The van der Waals surface area contributed by atoms with Crippen LogP contribution in [0.15, 0.2) is 104 Å². The minimum atomic E-state index is -4.03. The van der Waals surface area contributed by atoms with Gasteiger partial charge in [0.15, 0.2) is 0 Å². The van der Waals surface area contributed by atoms with Crippen LogP contribution < -0.4 is 0 Å². The molecule has 0 fully saturated rings. The summed E-state index contributed by atoms with van der Waals surface area (Å²) in [4.78, 5) is 0.104. The molecular formula is C24H16Br2O4S. The lowest BCUT2D eigenvalue weighted by atomic mass is 10.1. The molecule has 0 spiro atoms.